The fourth-order valence-corrected chi connectivity index (χ4v) is 4.36. The zero-order valence-corrected chi connectivity index (χ0v) is 16.8. The molecule has 0 aromatic heterocycles. The lowest BCUT2D eigenvalue weighted by Gasteiger charge is -2.11. The molecule has 0 unspecified atom stereocenters. The summed E-state index contributed by atoms with van der Waals surface area (Å²) in [6.45, 7) is 0. The number of rotatable bonds is 3. The van der Waals surface area contributed by atoms with Crippen LogP contribution in [-0.4, -0.2) is 8.42 Å². The van der Waals surface area contributed by atoms with Crippen molar-refractivity contribution in [3.8, 4) is 0 Å². The van der Waals surface area contributed by atoms with Crippen LogP contribution in [-0.2, 0) is 10.0 Å². The molecular weight excluding hydrogens is 480 g/mol. The molecule has 132 valence electrons. The molecule has 2 N–H and O–H groups in total. The fraction of sp³-hybridized carbons (Fsp3) is 0.176. The Bertz CT molecular complexity index is 981. The number of halogens is 4. The van der Waals surface area contributed by atoms with Gasteiger partial charge in [-0.05, 0) is 97.7 Å². The first-order valence-corrected chi connectivity index (χ1v) is 10.5. The van der Waals surface area contributed by atoms with Crippen LogP contribution in [0.4, 0.5) is 8.78 Å². The van der Waals surface area contributed by atoms with Crippen LogP contribution in [0.3, 0.4) is 0 Å². The Hall–Kier alpha value is -1.09. The summed E-state index contributed by atoms with van der Waals surface area (Å²) in [6, 6.07) is 7.85. The van der Waals surface area contributed by atoms with E-state index in [1.165, 1.54) is 0 Å². The van der Waals surface area contributed by atoms with E-state index in [1.807, 2.05) is 18.2 Å². The summed E-state index contributed by atoms with van der Waals surface area (Å²) in [5.41, 5.74) is 3.11. The van der Waals surface area contributed by atoms with Crippen LogP contribution >= 0.6 is 31.9 Å². The summed E-state index contributed by atoms with van der Waals surface area (Å²) in [7, 11) is -4.46. The molecule has 0 saturated heterocycles. The van der Waals surface area contributed by atoms with Crippen LogP contribution in [0.25, 0.3) is 11.1 Å². The Labute approximate surface area is 161 Å². The van der Waals surface area contributed by atoms with E-state index in [-0.39, 0.29) is 0 Å². The quantitative estimate of drug-likeness (QED) is 0.637. The third-order valence-electron chi connectivity index (χ3n) is 4.12. The van der Waals surface area contributed by atoms with Crippen molar-refractivity contribution in [1.29, 1.82) is 0 Å². The second kappa shape index (κ2) is 6.90. The van der Waals surface area contributed by atoms with Crippen molar-refractivity contribution in [2.24, 2.45) is 5.14 Å². The number of sulfonamides is 1. The minimum Gasteiger partial charge on any atom is -0.224 e. The van der Waals surface area contributed by atoms with Gasteiger partial charge in [0.05, 0.1) is 0 Å². The Kier molecular flexibility index (Phi) is 5.16. The van der Waals surface area contributed by atoms with Crippen LogP contribution in [0.15, 0.2) is 44.2 Å². The molecule has 25 heavy (non-hydrogen) atoms. The number of hydrogen-bond donors (Lipinski definition) is 1. The summed E-state index contributed by atoms with van der Waals surface area (Å²) < 4.78 is 52.8. The van der Waals surface area contributed by atoms with E-state index in [2.05, 4.69) is 31.9 Å². The van der Waals surface area contributed by atoms with E-state index >= 15 is 0 Å². The zero-order chi connectivity index (χ0) is 18.4. The van der Waals surface area contributed by atoms with E-state index in [9.17, 15) is 17.2 Å². The molecule has 2 aromatic carbocycles. The Morgan fingerprint density at radius 2 is 1.44 bits per heavy atom. The van der Waals surface area contributed by atoms with Gasteiger partial charge in [-0.15, -0.1) is 0 Å². The molecule has 8 heteroatoms. The average molecular weight is 493 g/mol. The minimum absolute atomic E-state index is 0.342. The Morgan fingerprint density at radius 3 is 1.96 bits per heavy atom. The summed E-state index contributed by atoms with van der Waals surface area (Å²) in [6.07, 6.45) is 2.30. The van der Waals surface area contributed by atoms with Gasteiger partial charge in [-0.1, -0.05) is 6.07 Å². The zero-order valence-electron chi connectivity index (χ0n) is 12.8. The van der Waals surface area contributed by atoms with E-state index in [0.717, 1.165) is 50.6 Å². The second-order valence-electron chi connectivity index (χ2n) is 5.75. The van der Waals surface area contributed by atoms with Crippen LogP contribution in [0, 0.1) is 11.6 Å². The molecule has 0 atom stereocenters. The van der Waals surface area contributed by atoms with E-state index < -0.39 is 26.6 Å². The lowest BCUT2D eigenvalue weighted by molar-refractivity contribution is 0.519. The highest BCUT2D eigenvalue weighted by molar-refractivity contribution is 9.13. The molecule has 0 saturated carbocycles. The molecule has 0 amide bonds. The van der Waals surface area contributed by atoms with Gasteiger partial charge in [0.15, 0.2) is 4.90 Å². The van der Waals surface area contributed by atoms with Gasteiger partial charge in [0, 0.05) is 8.95 Å². The molecule has 0 radical (unpaired) electrons. The van der Waals surface area contributed by atoms with E-state index in [4.69, 9.17) is 5.14 Å². The summed E-state index contributed by atoms with van der Waals surface area (Å²) >= 11 is 6.87. The lowest BCUT2D eigenvalue weighted by atomic mass is 9.97. The minimum atomic E-state index is -4.46. The van der Waals surface area contributed by atoms with Gasteiger partial charge in [-0.25, -0.2) is 22.3 Å². The molecule has 1 aliphatic carbocycles. The molecule has 0 fully saturated rings. The fourth-order valence-electron chi connectivity index (χ4n) is 3.07. The predicted octanol–water partition coefficient (Wildman–Crippen LogP) is 5.23. The van der Waals surface area contributed by atoms with Gasteiger partial charge in [0.25, 0.3) is 0 Å². The first-order valence-electron chi connectivity index (χ1n) is 7.38. The number of hydrogen-bond acceptors (Lipinski definition) is 2. The number of nitrogens with two attached hydrogens (primary N) is 1. The smallest absolute Gasteiger partial charge is 0.224 e. The third kappa shape index (κ3) is 3.72. The standard InChI is InChI=1S/C17H13Br2F2NO2S/c18-13-5-4-9(6-14(13)19)11-2-1-3-12(11)10-7-15(20)17(16(21)8-10)25(22,23)24/h4-8H,1-3H2,(H2,22,23,24). The van der Waals surface area contributed by atoms with Gasteiger partial charge in [0.2, 0.25) is 10.0 Å². The van der Waals surface area contributed by atoms with Gasteiger partial charge >= 0.3 is 0 Å². The maximum atomic E-state index is 14.2. The summed E-state index contributed by atoms with van der Waals surface area (Å²) in [4.78, 5) is -1.09. The number of benzene rings is 2. The van der Waals surface area contributed by atoms with Crippen molar-refractivity contribution in [2.75, 3.05) is 0 Å². The molecule has 0 heterocycles. The van der Waals surface area contributed by atoms with Crippen molar-refractivity contribution in [2.45, 2.75) is 24.2 Å². The summed E-state index contributed by atoms with van der Waals surface area (Å²) in [5.74, 6) is -2.35. The monoisotopic (exact) mass is 491 g/mol. The van der Waals surface area contributed by atoms with Gasteiger partial charge < -0.3 is 0 Å². The largest absolute Gasteiger partial charge is 0.243 e. The average Bonchev–Trinajstić information content (AvgIpc) is 2.97. The Balaban J connectivity index is 2.15. The van der Waals surface area contributed by atoms with Crippen molar-refractivity contribution >= 4 is 53.0 Å². The summed E-state index contributed by atoms with van der Waals surface area (Å²) in [5, 5.41) is 4.88. The normalized spacial score (nSPS) is 15.1. The third-order valence-corrected chi connectivity index (χ3v) is 6.96. The van der Waals surface area contributed by atoms with Gasteiger partial charge in [-0.2, -0.15) is 0 Å². The molecule has 0 aliphatic heterocycles. The van der Waals surface area contributed by atoms with Gasteiger partial charge in [0.1, 0.15) is 11.6 Å². The van der Waals surface area contributed by atoms with E-state index in [0.29, 0.717) is 12.0 Å². The lowest BCUT2D eigenvalue weighted by Crippen LogP contribution is -2.16. The molecular formula is C17H13Br2F2NO2S. The van der Waals surface area contributed by atoms with Crippen molar-refractivity contribution in [3.05, 3.63) is 62.0 Å². The molecule has 1 aliphatic rings. The van der Waals surface area contributed by atoms with Crippen LogP contribution in [0.5, 0.6) is 0 Å². The topological polar surface area (TPSA) is 60.2 Å². The SMILES string of the molecule is NS(=O)(=O)c1c(F)cc(C2=C(c3ccc(Br)c(Br)c3)CCC2)cc1F. The highest BCUT2D eigenvalue weighted by atomic mass is 79.9. The molecule has 3 nitrogen and oxygen atoms in total. The Morgan fingerprint density at radius 1 is 0.880 bits per heavy atom. The first-order chi connectivity index (χ1) is 11.7. The second-order valence-corrected chi connectivity index (χ2v) is 8.96. The molecule has 0 bridgehead atoms. The van der Waals surface area contributed by atoms with Crippen LogP contribution in [0.1, 0.15) is 30.4 Å². The van der Waals surface area contributed by atoms with Crippen molar-refractivity contribution in [3.63, 3.8) is 0 Å². The maximum absolute atomic E-state index is 14.2. The van der Waals surface area contributed by atoms with Crippen molar-refractivity contribution < 1.29 is 17.2 Å². The van der Waals surface area contributed by atoms with Crippen molar-refractivity contribution in [1.82, 2.24) is 0 Å². The number of primary sulfonamides is 1. The predicted molar refractivity (Wildman–Crippen MR) is 100 cm³/mol. The van der Waals surface area contributed by atoms with Gasteiger partial charge in [-0.3, -0.25) is 0 Å². The van der Waals surface area contributed by atoms with Crippen LogP contribution < -0.4 is 5.14 Å². The van der Waals surface area contributed by atoms with Crippen LogP contribution in [0.2, 0.25) is 0 Å². The first kappa shape index (κ1) is 18.7. The number of allylic oxidation sites excluding steroid dienone is 2. The highest BCUT2D eigenvalue weighted by Crippen LogP contribution is 2.41. The molecule has 0 spiro atoms. The highest BCUT2D eigenvalue weighted by Gasteiger charge is 2.24. The molecule has 3 rings (SSSR count). The maximum Gasteiger partial charge on any atom is 0.243 e. The van der Waals surface area contributed by atoms with E-state index in [1.54, 1.807) is 0 Å². The molecule has 2 aromatic rings.